The summed E-state index contributed by atoms with van der Waals surface area (Å²) in [5, 5.41) is 36.5. The van der Waals surface area contributed by atoms with E-state index in [0.29, 0.717) is 11.5 Å². The second kappa shape index (κ2) is 8.46. The van der Waals surface area contributed by atoms with Gasteiger partial charge in [0.15, 0.2) is 11.5 Å². The van der Waals surface area contributed by atoms with Crippen LogP contribution >= 0.6 is 0 Å². The first-order valence-electron chi connectivity index (χ1n) is 8.42. The maximum atomic E-state index is 11.0. The molecule has 3 rings (SSSR count). The molecule has 0 aliphatic rings. The van der Waals surface area contributed by atoms with E-state index in [-0.39, 0.29) is 33.8 Å². The number of nitriles is 2. The van der Waals surface area contributed by atoms with Crippen molar-refractivity contribution in [1.82, 2.24) is 0 Å². The van der Waals surface area contributed by atoms with Gasteiger partial charge in [-0.15, -0.1) is 0 Å². The molecular formula is C22H12N2O6. The molecule has 3 aromatic rings. The molecule has 8 nitrogen and oxygen atoms in total. The minimum atomic E-state index is -1.08. The van der Waals surface area contributed by atoms with Crippen LogP contribution in [0.3, 0.4) is 0 Å². The monoisotopic (exact) mass is 400 g/mol. The second-order valence-electron chi connectivity index (χ2n) is 5.93. The SMILES string of the molecule is N#Cc1cc(Oc2ccc(C(=O)O)cc2)c(Oc2ccc(C(=O)O)cc2)cc1C#N. The second-order valence-corrected chi connectivity index (χ2v) is 5.93. The molecule has 3 aromatic carbocycles. The van der Waals surface area contributed by atoms with Crippen molar-refractivity contribution in [3.8, 4) is 35.1 Å². The Kier molecular flexibility index (Phi) is 5.62. The van der Waals surface area contributed by atoms with Gasteiger partial charge in [-0.2, -0.15) is 10.5 Å². The third-order valence-electron chi connectivity index (χ3n) is 3.98. The van der Waals surface area contributed by atoms with Gasteiger partial charge < -0.3 is 19.7 Å². The molecule has 0 spiro atoms. The van der Waals surface area contributed by atoms with E-state index in [9.17, 15) is 20.1 Å². The fourth-order valence-corrected chi connectivity index (χ4v) is 2.49. The third kappa shape index (κ3) is 4.35. The van der Waals surface area contributed by atoms with Crippen LogP contribution in [0.4, 0.5) is 0 Å². The molecule has 0 bridgehead atoms. The highest BCUT2D eigenvalue weighted by Gasteiger charge is 2.15. The number of benzene rings is 3. The molecule has 0 aromatic heterocycles. The average Bonchev–Trinajstić information content (AvgIpc) is 2.75. The summed E-state index contributed by atoms with van der Waals surface area (Å²) < 4.78 is 11.5. The van der Waals surface area contributed by atoms with Gasteiger partial charge in [0.2, 0.25) is 0 Å². The smallest absolute Gasteiger partial charge is 0.335 e. The fraction of sp³-hybridized carbons (Fsp3) is 0. The van der Waals surface area contributed by atoms with Crippen molar-refractivity contribution in [3.63, 3.8) is 0 Å². The number of nitrogens with zero attached hydrogens (tertiary/aromatic N) is 2. The summed E-state index contributed by atoms with van der Waals surface area (Å²) >= 11 is 0. The van der Waals surface area contributed by atoms with Crippen molar-refractivity contribution in [2.45, 2.75) is 0 Å². The molecule has 0 saturated carbocycles. The standard InChI is InChI=1S/C22H12N2O6/c23-11-15-9-19(29-17-5-1-13(2-6-17)21(25)26)20(10-16(15)12-24)30-18-7-3-14(4-8-18)22(27)28/h1-10H,(H,25,26)(H,27,28). The van der Waals surface area contributed by atoms with Crippen LogP contribution in [0.15, 0.2) is 60.7 Å². The first-order chi connectivity index (χ1) is 14.4. The molecule has 0 fully saturated rings. The fourth-order valence-electron chi connectivity index (χ4n) is 2.49. The minimum absolute atomic E-state index is 0.0724. The molecular weight excluding hydrogens is 388 g/mol. The molecule has 146 valence electrons. The Bertz CT molecular complexity index is 1110. The highest BCUT2D eigenvalue weighted by molar-refractivity contribution is 5.88. The van der Waals surface area contributed by atoms with E-state index in [1.54, 1.807) is 0 Å². The topological polar surface area (TPSA) is 141 Å². The van der Waals surface area contributed by atoms with Gasteiger partial charge in [0.05, 0.1) is 22.3 Å². The Hall–Kier alpha value is -4.82. The zero-order valence-electron chi connectivity index (χ0n) is 15.2. The number of hydrogen-bond acceptors (Lipinski definition) is 6. The molecule has 0 atom stereocenters. The van der Waals surface area contributed by atoms with E-state index >= 15 is 0 Å². The molecule has 0 saturated heterocycles. The molecule has 0 radical (unpaired) electrons. The van der Waals surface area contributed by atoms with Crippen LogP contribution in [0, 0.1) is 22.7 Å². The van der Waals surface area contributed by atoms with Gasteiger partial charge >= 0.3 is 11.9 Å². The number of carboxylic acid groups (broad SMARTS) is 2. The lowest BCUT2D eigenvalue weighted by Crippen LogP contribution is -1.97. The lowest BCUT2D eigenvalue weighted by molar-refractivity contribution is 0.0686. The Morgan fingerprint density at radius 2 is 1.00 bits per heavy atom. The van der Waals surface area contributed by atoms with E-state index in [1.165, 1.54) is 60.7 Å². The van der Waals surface area contributed by atoms with Gasteiger partial charge in [-0.25, -0.2) is 9.59 Å². The summed E-state index contributed by atoms with van der Waals surface area (Å²) in [6, 6.07) is 17.7. The predicted molar refractivity (Wildman–Crippen MR) is 103 cm³/mol. The number of carboxylic acids is 2. The summed E-state index contributed by atoms with van der Waals surface area (Å²) in [5.41, 5.74) is 0.302. The number of carbonyl (C=O) groups is 2. The quantitative estimate of drug-likeness (QED) is 0.620. The van der Waals surface area contributed by atoms with Crippen molar-refractivity contribution < 1.29 is 29.3 Å². The van der Waals surface area contributed by atoms with Crippen LogP contribution < -0.4 is 9.47 Å². The summed E-state index contributed by atoms with van der Waals surface area (Å²) in [7, 11) is 0. The lowest BCUT2D eigenvalue weighted by atomic mass is 10.1. The van der Waals surface area contributed by atoms with Crippen molar-refractivity contribution in [2.75, 3.05) is 0 Å². The lowest BCUT2D eigenvalue weighted by Gasteiger charge is -2.14. The minimum Gasteiger partial charge on any atom is -0.478 e. The van der Waals surface area contributed by atoms with Crippen molar-refractivity contribution in [2.24, 2.45) is 0 Å². The number of aromatic carboxylic acids is 2. The highest BCUT2D eigenvalue weighted by atomic mass is 16.5. The van der Waals surface area contributed by atoms with Gasteiger partial charge in [0, 0.05) is 12.1 Å². The highest BCUT2D eigenvalue weighted by Crippen LogP contribution is 2.37. The number of ether oxygens (including phenoxy) is 2. The Balaban J connectivity index is 1.98. The van der Waals surface area contributed by atoms with E-state index < -0.39 is 11.9 Å². The molecule has 0 amide bonds. The summed E-state index contributed by atoms with van der Waals surface area (Å²) in [4.78, 5) is 22.0. The normalized spacial score (nSPS) is 9.80. The molecule has 0 aliphatic carbocycles. The van der Waals surface area contributed by atoms with Gasteiger partial charge in [-0.1, -0.05) is 0 Å². The molecule has 0 heterocycles. The van der Waals surface area contributed by atoms with Crippen LogP contribution in [0.25, 0.3) is 0 Å². The zero-order chi connectivity index (χ0) is 21.7. The largest absolute Gasteiger partial charge is 0.478 e. The third-order valence-corrected chi connectivity index (χ3v) is 3.98. The molecule has 0 aliphatic heterocycles. The molecule has 0 unspecified atom stereocenters. The Labute approximate surface area is 170 Å². The molecule has 30 heavy (non-hydrogen) atoms. The zero-order valence-corrected chi connectivity index (χ0v) is 15.2. The van der Waals surface area contributed by atoms with Crippen LogP contribution in [-0.2, 0) is 0 Å². The van der Waals surface area contributed by atoms with Crippen molar-refractivity contribution >= 4 is 11.9 Å². The summed E-state index contributed by atoms with van der Waals surface area (Å²) in [6.07, 6.45) is 0. The van der Waals surface area contributed by atoms with Crippen LogP contribution in [0.1, 0.15) is 31.8 Å². The van der Waals surface area contributed by atoms with E-state index in [1.807, 2.05) is 12.1 Å². The van der Waals surface area contributed by atoms with Gasteiger partial charge in [-0.3, -0.25) is 0 Å². The van der Waals surface area contributed by atoms with Crippen LogP contribution in [-0.4, -0.2) is 22.2 Å². The van der Waals surface area contributed by atoms with Gasteiger partial charge in [0.1, 0.15) is 23.6 Å². The molecule has 8 heteroatoms. The van der Waals surface area contributed by atoms with Crippen molar-refractivity contribution in [1.29, 1.82) is 10.5 Å². The Morgan fingerprint density at radius 1 is 0.667 bits per heavy atom. The molecule has 2 N–H and O–H groups in total. The van der Waals surface area contributed by atoms with Crippen LogP contribution in [0.5, 0.6) is 23.0 Å². The first kappa shape index (κ1) is 19.9. The van der Waals surface area contributed by atoms with Crippen LogP contribution in [0.2, 0.25) is 0 Å². The van der Waals surface area contributed by atoms with Crippen molar-refractivity contribution in [3.05, 3.63) is 82.9 Å². The van der Waals surface area contributed by atoms with Gasteiger partial charge in [-0.05, 0) is 48.5 Å². The first-order valence-corrected chi connectivity index (χ1v) is 8.42. The number of rotatable bonds is 6. The summed E-state index contributed by atoms with van der Waals surface area (Å²) in [5.74, 6) is -1.34. The maximum Gasteiger partial charge on any atom is 0.335 e. The average molecular weight is 400 g/mol. The number of hydrogen-bond donors (Lipinski definition) is 2. The maximum absolute atomic E-state index is 11.0. The van der Waals surface area contributed by atoms with E-state index in [4.69, 9.17) is 19.7 Å². The van der Waals surface area contributed by atoms with E-state index in [2.05, 4.69) is 0 Å². The summed E-state index contributed by atoms with van der Waals surface area (Å²) in [6.45, 7) is 0. The Morgan fingerprint density at radius 3 is 1.27 bits per heavy atom. The van der Waals surface area contributed by atoms with E-state index in [0.717, 1.165) is 0 Å². The predicted octanol–water partition coefficient (Wildman–Crippen LogP) is 4.41. The van der Waals surface area contributed by atoms with Gasteiger partial charge in [0.25, 0.3) is 0 Å².